The number of carbonyl (C=O) groups excluding carboxylic acids is 1. The minimum atomic E-state index is -0.784. The van der Waals surface area contributed by atoms with Crippen molar-refractivity contribution in [1.29, 1.82) is 0 Å². The first-order valence-corrected chi connectivity index (χ1v) is 8.18. The molecule has 0 N–H and O–H groups in total. The van der Waals surface area contributed by atoms with Crippen LogP contribution in [0, 0.1) is 21.4 Å². The van der Waals surface area contributed by atoms with Crippen molar-refractivity contribution < 1.29 is 19.2 Å². The molecule has 6 nitrogen and oxygen atoms in total. The van der Waals surface area contributed by atoms with Crippen LogP contribution in [-0.4, -0.2) is 23.1 Å². The lowest BCUT2D eigenvalue weighted by molar-refractivity contribution is -0.384. The third kappa shape index (κ3) is 2.37. The maximum absolute atomic E-state index is 12.9. The predicted molar refractivity (Wildman–Crippen MR) is 87.2 cm³/mol. The SMILES string of the molecule is CCOC(=O)[C@]1(Cc2ccc([N+](=O)[O-])cc2)CC[C@H]2C=CO[C@]21C. The molecular weight excluding hydrogens is 310 g/mol. The number of benzene rings is 1. The first kappa shape index (κ1) is 16.5. The fourth-order valence-corrected chi connectivity index (χ4v) is 4.03. The van der Waals surface area contributed by atoms with E-state index in [1.54, 1.807) is 25.3 Å². The van der Waals surface area contributed by atoms with Crippen LogP contribution in [0.3, 0.4) is 0 Å². The van der Waals surface area contributed by atoms with Crippen LogP contribution in [0.1, 0.15) is 32.3 Å². The van der Waals surface area contributed by atoms with Gasteiger partial charge in [-0.3, -0.25) is 14.9 Å². The van der Waals surface area contributed by atoms with Gasteiger partial charge in [0.2, 0.25) is 0 Å². The smallest absolute Gasteiger partial charge is 0.316 e. The molecule has 0 bridgehead atoms. The molecule has 1 aromatic rings. The van der Waals surface area contributed by atoms with Crippen LogP contribution >= 0.6 is 0 Å². The summed E-state index contributed by atoms with van der Waals surface area (Å²) in [6.45, 7) is 4.07. The van der Waals surface area contributed by atoms with Gasteiger partial charge in [0.15, 0.2) is 0 Å². The molecule has 6 heteroatoms. The number of nitro benzene ring substituents is 1. The molecule has 2 aliphatic rings. The van der Waals surface area contributed by atoms with E-state index in [0.717, 1.165) is 12.0 Å². The Morgan fingerprint density at radius 1 is 1.42 bits per heavy atom. The summed E-state index contributed by atoms with van der Waals surface area (Å²) >= 11 is 0. The number of hydrogen-bond acceptors (Lipinski definition) is 5. The van der Waals surface area contributed by atoms with Crippen molar-refractivity contribution in [2.75, 3.05) is 6.61 Å². The van der Waals surface area contributed by atoms with Crippen LogP contribution in [-0.2, 0) is 20.7 Å². The summed E-state index contributed by atoms with van der Waals surface area (Å²) in [5, 5.41) is 10.8. The zero-order valence-corrected chi connectivity index (χ0v) is 13.9. The highest BCUT2D eigenvalue weighted by Gasteiger charge is 2.64. The molecule has 1 fully saturated rings. The van der Waals surface area contributed by atoms with Gasteiger partial charge in [-0.15, -0.1) is 0 Å². The third-order valence-corrected chi connectivity index (χ3v) is 5.48. The molecule has 0 aromatic heterocycles. The molecular formula is C18H21NO5. The Morgan fingerprint density at radius 2 is 2.12 bits per heavy atom. The maximum Gasteiger partial charge on any atom is 0.316 e. The summed E-state index contributed by atoms with van der Waals surface area (Å²) in [5.41, 5.74) is -0.516. The first-order valence-electron chi connectivity index (χ1n) is 8.18. The van der Waals surface area contributed by atoms with Gasteiger partial charge in [0.25, 0.3) is 5.69 Å². The van der Waals surface area contributed by atoms with Crippen LogP contribution in [0.25, 0.3) is 0 Å². The van der Waals surface area contributed by atoms with Crippen LogP contribution in [0.15, 0.2) is 36.6 Å². The van der Waals surface area contributed by atoms with E-state index in [9.17, 15) is 14.9 Å². The maximum atomic E-state index is 12.9. The van der Waals surface area contributed by atoms with Crippen molar-refractivity contribution in [2.45, 2.75) is 38.7 Å². The highest BCUT2D eigenvalue weighted by atomic mass is 16.6. The number of nitro groups is 1. The van der Waals surface area contributed by atoms with Gasteiger partial charge < -0.3 is 9.47 Å². The van der Waals surface area contributed by atoms with E-state index in [4.69, 9.17) is 9.47 Å². The molecule has 1 saturated carbocycles. The van der Waals surface area contributed by atoms with Crippen LogP contribution in [0.2, 0.25) is 0 Å². The van der Waals surface area contributed by atoms with E-state index >= 15 is 0 Å². The van der Waals surface area contributed by atoms with Gasteiger partial charge in [-0.2, -0.15) is 0 Å². The zero-order chi connectivity index (χ0) is 17.4. The lowest BCUT2D eigenvalue weighted by Crippen LogP contribution is -2.52. The molecule has 0 saturated heterocycles. The minimum Gasteiger partial charge on any atom is -0.494 e. The van der Waals surface area contributed by atoms with E-state index in [1.165, 1.54) is 12.1 Å². The number of carbonyl (C=O) groups is 1. The highest BCUT2D eigenvalue weighted by molar-refractivity contribution is 5.80. The molecule has 128 valence electrons. The molecule has 1 aliphatic heterocycles. The van der Waals surface area contributed by atoms with E-state index in [-0.39, 0.29) is 17.6 Å². The van der Waals surface area contributed by atoms with E-state index in [2.05, 4.69) is 0 Å². The minimum absolute atomic E-state index is 0.0400. The second-order valence-corrected chi connectivity index (χ2v) is 6.60. The summed E-state index contributed by atoms with van der Waals surface area (Å²) in [5.74, 6) is -0.0722. The molecule has 0 spiro atoms. The van der Waals surface area contributed by atoms with Crippen molar-refractivity contribution in [2.24, 2.45) is 11.3 Å². The fourth-order valence-electron chi connectivity index (χ4n) is 4.03. The molecule has 3 rings (SSSR count). The van der Waals surface area contributed by atoms with Crippen molar-refractivity contribution >= 4 is 11.7 Å². The number of esters is 1. The van der Waals surface area contributed by atoms with Crippen molar-refractivity contribution in [1.82, 2.24) is 0 Å². The normalized spacial score (nSPS) is 30.7. The van der Waals surface area contributed by atoms with Gasteiger partial charge in [-0.25, -0.2) is 0 Å². The predicted octanol–water partition coefficient (Wildman–Crippen LogP) is 3.40. The Hall–Kier alpha value is -2.37. The monoisotopic (exact) mass is 331 g/mol. The second kappa shape index (κ2) is 5.92. The number of nitrogens with zero attached hydrogens (tertiary/aromatic N) is 1. The largest absolute Gasteiger partial charge is 0.494 e. The molecule has 1 aliphatic carbocycles. The average Bonchev–Trinajstić information content (AvgIpc) is 3.05. The van der Waals surface area contributed by atoms with Crippen molar-refractivity contribution in [3.8, 4) is 0 Å². The van der Waals surface area contributed by atoms with Crippen LogP contribution < -0.4 is 0 Å². The van der Waals surface area contributed by atoms with Gasteiger partial charge in [0, 0.05) is 18.1 Å². The number of non-ortho nitro benzene ring substituents is 1. The summed E-state index contributed by atoms with van der Waals surface area (Å²) in [7, 11) is 0. The third-order valence-electron chi connectivity index (χ3n) is 5.48. The topological polar surface area (TPSA) is 78.7 Å². The van der Waals surface area contributed by atoms with E-state index in [0.29, 0.717) is 19.4 Å². The van der Waals surface area contributed by atoms with Crippen LogP contribution in [0.5, 0.6) is 0 Å². The van der Waals surface area contributed by atoms with Crippen molar-refractivity contribution in [3.63, 3.8) is 0 Å². The molecule has 3 atom stereocenters. The Bertz CT molecular complexity index is 683. The first-order chi connectivity index (χ1) is 11.4. The lowest BCUT2D eigenvalue weighted by atomic mass is 9.69. The molecule has 0 unspecified atom stereocenters. The van der Waals surface area contributed by atoms with E-state index in [1.807, 2.05) is 13.0 Å². The zero-order valence-electron chi connectivity index (χ0n) is 13.9. The number of fused-ring (bicyclic) bond motifs is 1. The van der Waals surface area contributed by atoms with Gasteiger partial charge >= 0.3 is 5.97 Å². The summed E-state index contributed by atoms with van der Waals surface area (Å²) < 4.78 is 11.3. The van der Waals surface area contributed by atoms with Gasteiger partial charge in [0.05, 0.1) is 17.8 Å². The molecule has 0 radical (unpaired) electrons. The Labute approximate surface area is 140 Å². The van der Waals surface area contributed by atoms with Crippen molar-refractivity contribution in [3.05, 3.63) is 52.3 Å². The number of rotatable bonds is 5. The summed E-state index contributed by atoms with van der Waals surface area (Å²) in [6.07, 6.45) is 5.66. The van der Waals surface area contributed by atoms with E-state index < -0.39 is 15.9 Å². The second-order valence-electron chi connectivity index (χ2n) is 6.60. The number of ether oxygens (including phenoxy) is 2. The fraction of sp³-hybridized carbons (Fsp3) is 0.500. The number of hydrogen-bond donors (Lipinski definition) is 0. The lowest BCUT2D eigenvalue weighted by Gasteiger charge is -2.41. The van der Waals surface area contributed by atoms with Gasteiger partial charge in [0.1, 0.15) is 11.0 Å². The average molecular weight is 331 g/mol. The molecule has 24 heavy (non-hydrogen) atoms. The Morgan fingerprint density at radius 3 is 2.75 bits per heavy atom. The van der Waals surface area contributed by atoms with Gasteiger partial charge in [-0.1, -0.05) is 12.1 Å². The summed E-state index contributed by atoms with van der Waals surface area (Å²) in [6, 6.07) is 6.35. The Balaban J connectivity index is 1.94. The standard InChI is InChI=1S/C18H21NO5/c1-3-23-16(20)18(10-8-14-9-11-24-17(14,18)2)12-13-4-6-15(7-5-13)19(21)22/h4-7,9,11,14H,3,8,10,12H2,1-2H3/t14-,17+,18+/m0/s1. The molecule has 1 heterocycles. The quantitative estimate of drug-likeness (QED) is 0.469. The van der Waals surface area contributed by atoms with Crippen LogP contribution in [0.4, 0.5) is 5.69 Å². The molecule has 0 amide bonds. The van der Waals surface area contributed by atoms with Gasteiger partial charge in [-0.05, 0) is 44.7 Å². The Kier molecular flexibility index (Phi) is 4.07. The molecule has 1 aromatic carbocycles. The highest BCUT2D eigenvalue weighted by Crippen LogP contribution is 2.57. The summed E-state index contributed by atoms with van der Waals surface area (Å²) in [4.78, 5) is 23.2.